The van der Waals surface area contributed by atoms with Gasteiger partial charge in [-0.3, -0.25) is 0 Å². The van der Waals surface area contributed by atoms with E-state index in [1.165, 1.54) is 24.8 Å². The van der Waals surface area contributed by atoms with Gasteiger partial charge in [-0.05, 0) is 37.0 Å². The molecule has 1 atom stereocenters. The van der Waals surface area contributed by atoms with E-state index in [4.69, 9.17) is 4.74 Å². The number of methoxy groups -OCH3 is 1. The molecule has 16 heavy (non-hydrogen) atoms. The molecule has 1 saturated carbocycles. The van der Waals surface area contributed by atoms with Crippen LogP contribution in [0.15, 0.2) is 24.3 Å². The minimum atomic E-state index is 0.624. The van der Waals surface area contributed by atoms with Crippen molar-refractivity contribution < 1.29 is 4.74 Å². The third-order valence-corrected chi connectivity index (χ3v) is 3.17. The third kappa shape index (κ3) is 3.53. The molecule has 1 aromatic carbocycles. The maximum atomic E-state index is 5.21. The third-order valence-electron chi connectivity index (χ3n) is 3.17. The predicted molar refractivity (Wildman–Crippen MR) is 66.6 cm³/mol. The fourth-order valence-electron chi connectivity index (χ4n) is 2.01. The van der Waals surface area contributed by atoms with Crippen molar-refractivity contribution in [3.63, 3.8) is 0 Å². The summed E-state index contributed by atoms with van der Waals surface area (Å²) < 4.78 is 5.21. The van der Waals surface area contributed by atoms with Crippen molar-refractivity contribution >= 4 is 0 Å². The number of rotatable bonds is 6. The van der Waals surface area contributed by atoms with Crippen molar-refractivity contribution in [1.82, 2.24) is 5.32 Å². The molecule has 1 N–H and O–H groups in total. The van der Waals surface area contributed by atoms with Crippen LogP contribution in [0.1, 0.15) is 31.7 Å². The monoisotopic (exact) mass is 219 g/mol. The van der Waals surface area contributed by atoms with Crippen LogP contribution in [-0.2, 0) is 6.54 Å². The summed E-state index contributed by atoms with van der Waals surface area (Å²) in [5, 5.41) is 3.57. The van der Waals surface area contributed by atoms with Crippen LogP contribution in [0.25, 0.3) is 0 Å². The van der Waals surface area contributed by atoms with E-state index in [0.29, 0.717) is 6.04 Å². The topological polar surface area (TPSA) is 21.3 Å². The summed E-state index contributed by atoms with van der Waals surface area (Å²) in [4.78, 5) is 0. The zero-order valence-electron chi connectivity index (χ0n) is 10.2. The van der Waals surface area contributed by atoms with Gasteiger partial charge in [0.2, 0.25) is 0 Å². The molecule has 0 saturated heterocycles. The van der Waals surface area contributed by atoms with E-state index in [9.17, 15) is 0 Å². The Morgan fingerprint density at radius 3 is 2.94 bits per heavy atom. The molecule has 0 amide bonds. The van der Waals surface area contributed by atoms with E-state index >= 15 is 0 Å². The maximum absolute atomic E-state index is 5.21. The number of hydrogen-bond donors (Lipinski definition) is 1. The van der Waals surface area contributed by atoms with E-state index in [-0.39, 0.29) is 0 Å². The Morgan fingerprint density at radius 1 is 1.44 bits per heavy atom. The van der Waals surface area contributed by atoms with Gasteiger partial charge in [-0.25, -0.2) is 0 Å². The van der Waals surface area contributed by atoms with Crippen LogP contribution in [0, 0.1) is 5.92 Å². The predicted octanol–water partition coefficient (Wildman–Crippen LogP) is 2.97. The molecule has 0 heterocycles. The minimum Gasteiger partial charge on any atom is -0.497 e. The van der Waals surface area contributed by atoms with E-state index in [0.717, 1.165) is 18.2 Å². The average Bonchev–Trinajstić information content (AvgIpc) is 3.10. The van der Waals surface area contributed by atoms with E-state index < -0.39 is 0 Å². The van der Waals surface area contributed by atoms with Gasteiger partial charge in [0.15, 0.2) is 0 Å². The quantitative estimate of drug-likeness (QED) is 0.794. The van der Waals surface area contributed by atoms with Gasteiger partial charge in [0.25, 0.3) is 0 Å². The molecule has 0 spiro atoms. The molecule has 1 fully saturated rings. The van der Waals surface area contributed by atoms with Crippen LogP contribution in [0.3, 0.4) is 0 Å². The Balaban J connectivity index is 1.78. The van der Waals surface area contributed by atoms with Gasteiger partial charge in [-0.2, -0.15) is 0 Å². The van der Waals surface area contributed by atoms with Crippen molar-refractivity contribution in [3.05, 3.63) is 29.8 Å². The number of ether oxygens (including phenoxy) is 1. The highest BCUT2D eigenvalue weighted by Crippen LogP contribution is 2.33. The lowest BCUT2D eigenvalue weighted by Gasteiger charge is -2.13. The lowest BCUT2D eigenvalue weighted by molar-refractivity contribution is 0.413. The highest BCUT2D eigenvalue weighted by Gasteiger charge is 2.23. The van der Waals surface area contributed by atoms with Gasteiger partial charge in [0.1, 0.15) is 5.75 Å². The van der Waals surface area contributed by atoms with Gasteiger partial charge in [-0.15, -0.1) is 0 Å². The van der Waals surface area contributed by atoms with Crippen LogP contribution in [0.2, 0.25) is 0 Å². The summed E-state index contributed by atoms with van der Waals surface area (Å²) in [6, 6.07) is 8.88. The number of benzene rings is 1. The van der Waals surface area contributed by atoms with Crippen LogP contribution in [-0.4, -0.2) is 13.2 Å². The zero-order chi connectivity index (χ0) is 11.4. The first-order valence-electron chi connectivity index (χ1n) is 6.14. The Morgan fingerprint density at radius 2 is 2.25 bits per heavy atom. The van der Waals surface area contributed by atoms with Crippen molar-refractivity contribution in [2.24, 2.45) is 5.92 Å². The molecular weight excluding hydrogens is 198 g/mol. The number of hydrogen-bond acceptors (Lipinski definition) is 2. The summed E-state index contributed by atoms with van der Waals surface area (Å²) in [6.07, 6.45) is 4.19. The molecular formula is C14H21NO. The van der Waals surface area contributed by atoms with Crippen LogP contribution >= 0.6 is 0 Å². The summed E-state index contributed by atoms with van der Waals surface area (Å²) in [5.74, 6) is 1.93. The molecule has 2 heteroatoms. The van der Waals surface area contributed by atoms with E-state index in [1.807, 2.05) is 12.1 Å². The molecule has 0 radical (unpaired) electrons. The molecule has 88 valence electrons. The Labute approximate surface area is 98.0 Å². The highest BCUT2D eigenvalue weighted by atomic mass is 16.5. The Kier molecular flexibility index (Phi) is 3.83. The van der Waals surface area contributed by atoms with Crippen molar-refractivity contribution in [2.45, 2.75) is 38.8 Å². The molecule has 0 aliphatic heterocycles. The van der Waals surface area contributed by atoms with Crippen LogP contribution in [0.5, 0.6) is 5.75 Å². The SMILES string of the molecule is COc1cccc(CNC(C)CC2CC2)c1. The largest absolute Gasteiger partial charge is 0.497 e. The molecule has 0 aromatic heterocycles. The first-order chi connectivity index (χ1) is 7.78. The van der Waals surface area contributed by atoms with Gasteiger partial charge in [0, 0.05) is 12.6 Å². The first kappa shape index (κ1) is 11.5. The second-order valence-electron chi connectivity index (χ2n) is 4.81. The summed E-state index contributed by atoms with van der Waals surface area (Å²) >= 11 is 0. The van der Waals surface area contributed by atoms with Crippen molar-refractivity contribution in [3.8, 4) is 5.75 Å². The van der Waals surface area contributed by atoms with Crippen molar-refractivity contribution in [2.75, 3.05) is 7.11 Å². The van der Waals surface area contributed by atoms with E-state index in [2.05, 4.69) is 24.4 Å². The maximum Gasteiger partial charge on any atom is 0.119 e. The second kappa shape index (κ2) is 5.35. The Bertz CT molecular complexity index is 333. The molecule has 2 nitrogen and oxygen atoms in total. The standard InChI is InChI=1S/C14H21NO/c1-11(8-12-6-7-12)15-10-13-4-3-5-14(9-13)16-2/h3-5,9,11-12,15H,6-8,10H2,1-2H3. The normalized spacial score (nSPS) is 17.1. The lowest BCUT2D eigenvalue weighted by atomic mass is 10.1. The van der Waals surface area contributed by atoms with Gasteiger partial charge >= 0.3 is 0 Å². The summed E-state index contributed by atoms with van der Waals surface area (Å²) in [6.45, 7) is 3.21. The molecule has 1 aliphatic rings. The fraction of sp³-hybridized carbons (Fsp3) is 0.571. The molecule has 1 unspecified atom stereocenters. The summed E-state index contributed by atoms with van der Waals surface area (Å²) in [7, 11) is 1.71. The summed E-state index contributed by atoms with van der Waals surface area (Å²) in [5.41, 5.74) is 1.29. The van der Waals surface area contributed by atoms with Gasteiger partial charge < -0.3 is 10.1 Å². The minimum absolute atomic E-state index is 0.624. The van der Waals surface area contributed by atoms with Gasteiger partial charge in [-0.1, -0.05) is 25.0 Å². The van der Waals surface area contributed by atoms with E-state index in [1.54, 1.807) is 7.11 Å². The van der Waals surface area contributed by atoms with Crippen LogP contribution in [0.4, 0.5) is 0 Å². The molecule has 1 aromatic rings. The molecule has 2 rings (SSSR count). The number of nitrogens with one attached hydrogen (secondary N) is 1. The zero-order valence-corrected chi connectivity index (χ0v) is 10.2. The van der Waals surface area contributed by atoms with Crippen LogP contribution < -0.4 is 10.1 Å². The first-order valence-corrected chi connectivity index (χ1v) is 6.14. The van der Waals surface area contributed by atoms with Gasteiger partial charge in [0.05, 0.1) is 7.11 Å². The smallest absolute Gasteiger partial charge is 0.119 e. The highest BCUT2D eigenvalue weighted by molar-refractivity contribution is 5.28. The fourth-order valence-corrected chi connectivity index (χ4v) is 2.01. The molecule has 1 aliphatic carbocycles. The second-order valence-corrected chi connectivity index (χ2v) is 4.81. The Hall–Kier alpha value is -1.02. The average molecular weight is 219 g/mol. The molecule has 0 bridgehead atoms. The lowest BCUT2D eigenvalue weighted by Crippen LogP contribution is -2.25. The van der Waals surface area contributed by atoms with Crippen molar-refractivity contribution in [1.29, 1.82) is 0 Å².